The number of hydrogen-bond acceptors (Lipinski definition) is 3. The van der Waals surface area contributed by atoms with Crippen molar-refractivity contribution in [3.05, 3.63) is 64.2 Å². The van der Waals surface area contributed by atoms with Crippen molar-refractivity contribution in [1.29, 1.82) is 0 Å². The van der Waals surface area contributed by atoms with Crippen LogP contribution in [0, 0.1) is 10.1 Å². The van der Waals surface area contributed by atoms with Gasteiger partial charge in [0.25, 0.3) is 5.69 Å². The van der Waals surface area contributed by atoms with E-state index in [0.717, 1.165) is 24.0 Å². The number of ketones is 1. The second-order valence-corrected chi connectivity index (χ2v) is 4.91. The number of non-ortho nitro benzene ring substituents is 1. The highest BCUT2D eigenvalue weighted by Gasteiger charge is 2.07. The van der Waals surface area contributed by atoms with Crippen LogP contribution in [-0.2, 0) is 0 Å². The zero-order chi connectivity index (χ0) is 15.2. The lowest BCUT2D eigenvalue weighted by molar-refractivity contribution is -0.384. The summed E-state index contributed by atoms with van der Waals surface area (Å²) in [5.41, 5.74) is 2.63. The minimum Gasteiger partial charge on any atom is -0.294 e. The van der Waals surface area contributed by atoms with Crippen molar-refractivity contribution in [2.75, 3.05) is 0 Å². The van der Waals surface area contributed by atoms with Gasteiger partial charge in [0.15, 0.2) is 5.78 Å². The highest BCUT2D eigenvalue weighted by atomic mass is 16.6. The molecule has 108 valence electrons. The first-order valence-corrected chi connectivity index (χ1v) is 7.00. The first-order valence-electron chi connectivity index (χ1n) is 7.00. The molecule has 0 N–H and O–H groups in total. The predicted octanol–water partition coefficient (Wildman–Crippen LogP) is 4.63. The van der Waals surface area contributed by atoms with E-state index < -0.39 is 4.92 Å². The molecule has 0 unspecified atom stereocenters. The van der Waals surface area contributed by atoms with Gasteiger partial charge in [0.2, 0.25) is 0 Å². The Bertz CT molecular complexity index is 630. The normalized spacial score (nSPS) is 10.3. The van der Waals surface area contributed by atoms with Gasteiger partial charge in [-0.1, -0.05) is 37.6 Å². The minimum absolute atomic E-state index is 0.0742. The lowest BCUT2D eigenvalue weighted by Crippen LogP contribution is -1.98. The van der Waals surface area contributed by atoms with Crippen molar-refractivity contribution in [2.24, 2.45) is 0 Å². The van der Waals surface area contributed by atoms with E-state index in [1.54, 1.807) is 12.1 Å². The summed E-state index contributed by atoms with van der Waals surface area (Å²) < 4.78 is 0. The zero-order valence-electron chi connectivity index (χ0n) is 11.9. The van der Waals surface area contributed by atoms with Crippen LogP contribution in [0.25, 0.3) is 11.1 Å². The topological polar surface area (TPSA) is 60.2 Å². The number of carbonyl (C=O) groups excluding carboxylic acids is 1. The average molecular weight is 283 g/mol. The van der Waals surface area contributed by atoms with Crippen LogP contribution < -0.4 is 0 Å². The van der Waals surface area contributed by atoms with Gasteiger partial charge in [-0.2, -0.15) is 0 Å². The maximum atomic E-state index is 11.9. The van der Waals surface area contributed by atoms with Crippen molar-refractivity contribution < 1.29 is 9.72 Å². The molecule has 21 heavy (non-hydrogen) atoms. The van der Waals surface area contributed by atoms with Crippen molar-refractivity contribution in [2.45, 2.75) is 26.2 Å². The van der Waals surface area contributed by atoms with Gasteiger partial charge in [-0.25, -0.2) is 0 Å². The third-order valence-corrected chi connectivity index (χ3v) is 3.38. The largest absolute Gasteiger partial charge is 0.294 e. The van der Waals surface area contributed by atoms with Gasteiger partial charge in [0.1, 0.15) is 0 Å². The molecule has 0 radical (unpaired) electrons. The Kier molecular flexibility index (Phi) is 4.82. The van der Waals surface area contributed by atoms with E-state index >= 15 is 0 Å². The van der Waals surface area contributed by atoms with Gasteiger partial charge >= 0.3 is 0 Å². The Morgan fingerprint density at radius 1 is 1.00 bits per heavy atom. The van der Waals surface area contributed by atoms with Crippen LogP contribution in [0.1, 0.15) is 36.5 Å². The van der Waals surface area contributed by atoms with Gasteiger partial charge in [0, 0.05) is 24.1 Å². The molecule has 2 aromatic rings. The van der Waals surface area contributed by atoms with E-state index in [1.807, 2.05) is 24.3 Å². The number of hydrogen-bond donors (Lipinski definition) is 0. The van der Waals surface area contributed by atoms with E-state index in [1.165, 1.54) is 12.1 Å². The molecule has 0 aliphatic rings. The first kappa shape index (κ1) is 14.9. The Hall–Kier alpha value is -2.49. The van der Waals surface area contributed by atoms with Crippen LogP contribution in [0.2, 0.25) is 0 Å². The molecule has 0 aliphatic carbocycles. The van der Waals surface area contributed by atoms with E-state index in [-0.39, 0.29) is 11.5 Å². The van der Waals surface area contributed by atoms with Gasteiger partial charge in [-0.3, -0.25) is 14.9 Å². The van der Waals surface area contributed by atoms with Crippen LogP contribution in [0.15, 0.2) is 48.5 Å². The van der Waals surface area contributed by atoms with Crippen molar-refractivity contribution in [1.82, 2.24) is 0 Å². The molecule has 4 heteroatoms. The fraction of sp³-hybridized carbons (Fsp3) is 0.235. The molecule has 0 aromatic heterocycles. The third kappa shape index (κ3) is 3.75. The van der Waals surface area contributed by atoms with E-state index in [2.05, 4.69) is 6.92 Å². The van der Waals surface area contributed by atoms with Gasteiger partial charge < -0.3 is 0 Å². The molecule has 0 saturated carbocycles. The highest BCUT2D eigenvalue weighted by Crippen LogP contribution is 2.23. The fourth-order valence-corrected chi connectivity index (χ4v) is 2.11. The Labute approximate surface area is 123 Å². The highest BCUT2D eigenvalue weighted by molar-refractivity contribution is 5.96. The number of carbonyl (C=O) groups is 1. The van der Waals surface area contributed by atoms with Gasteiger partial charge in [-0.05, 0) is 29.7 Å². The molecule has 0 aliphatic heterocycles. The van der Waals surface area contributed by atoms with Crippen LogP contribution in [0.3, 0.4) is 0 Å². The van der Waals surface area contributed by atoms with Crippen LogP contribution in [0.4, 0.5) is 5.69 Å². The van der Waals surface area contributed by atoms with E-state index in [9.17, 15) is 14.9 Å². The summed E-state index contributed by atoms with van der Waals surface area (Å²) in [5, 5.41) is 10.6. The van der Waals surface area contributed by atoms with Gasteiger partial charge in [-0.15, -0.1) is 0 Å². The van der Waals surface area contributed by atoms with Crippen molar-refractivity contribution >= 4 is 11.5 Å². The summed E-state index contributed by atoms with van der Waals surface area (Å²) in [4.78, 5) is 22.1. The van der Waals surface area contributed by atoms with Crippen molar-refractivity contribution in [3.8, 4) is 11.1 Å². The van der Waals surface area contributed by atoms with Crippen LogP contribution >= 0.6 is 0 Å². The summed E-state index contributed by atoms with van der Waals surface area (Å²) in [5.74, 6) is 0.159. The lowest BCUT2D eigenvalue weighted by atomic mass is 10.0. The van der Waals surface area contributed by atoms with Crippen LogP contribution in [0.5, 0.6) is 0 Å². The second-order valence-electron chi connectivity index (χ2n) is 4.91. The zero-order valence-corrected chi connectivity index (χ0v) is 11.9. The number of nitrogens with zero attached hydrogens (tertiary/aromatic N) is 1. The molecule has 0 heterocycles. The first-order chi connectivity index (χ1) is 10.1. The average Bonchev–Trinajstić information content (AvgIpc) is 2.53. The Balaban J connectivity index is 2.14. The number of nitro groups is 1. The maximum Gasteiger partial charge on any atom is 0.269 e. The Morgan fingerprint density at radius 3 is 2.00 bits per heavy atom. The minimum atomic E-state index is -0.417. The molecule has 0 fully saturated rings. The molecular formula is C17H17NO3. The number of unbranched alkanes of at least 4 members (excludes halogenated alkanes) is 1. The molecule has 4 nitrogen and oxygen atoms in total. The SMILES string of the molecule is CCCCC(=O)c1ccc(-c2ccc([N+](=O)[O-])cc2)cc1. The molecule has 0 atom stereocenters. The predicted molar refractivity (Wildman–Crippen MR) is 82.4 cm³/mol. The number of nitro benzene ring substituents is 1. The molecule has 0 bridgehead atoms. The quantitative estimate of drug-likeness (QED) is 0.441. The fourth-order valence-electron chi connectivity index (χ4n) is 2.11. The molecule has 0 spiro atoms. The molecule has 2 rings (SSSR count). The summed E-state index contributed by atoms with van der Waals surface area (Å²) in [6.07, 6.45) is 2.49. The standard InChI is InChI=1S/C17H17NO3/c1-2-3-4-17(19)15-7-5-13(6-8-15)14-9-11-16(12-10-14)18(20)21/h5-12H,2-4H2,1H3. The summed E-state index contributed by atoms with van der Waals surface area (Å²) in [7, 11) is 0. The molecule has 0 amide bonds. The number of Topliss-reactive ketones (excluding diaryl/α,β-unsaturated/α-hetero) is 1. The molecular weight excluding hydrogens is 266 g/mol. The molecule has 0 saturated heterocycles. The third-order valence-electron chi connectivity index (χ3n) is 3.38. The monoisotopic (exact) mass is 283 g/mol. The summed E-state index contributed by atoms with van der Waals surface area (Å²) >= 11 is 0. The van der Waals surface area contributed by atoms with Crippen LogP contribution in [-0.4, -0.2) is 10.7 Å². The summed E-state index contributed by atoms with van der Waals surface area (Å²) in [6, 6.07) is 13.8. The second kappa shape index (κ2) is 6.79. The Morgan fingerprint density at radius 2 is 1.52 bits per heavy atom. The van der Waals surface area contributed by atoms with Crippen molar-refractivity contribution in [3.63, 3.8) is 0 Å². The molecule has 2 aromatic carbocycles. The van der Waals surface area contributed by atoms with Gasteiger partial charge in [0.05, 0.1) is 4.92 Å². The smallest absolute Gasteiger partial charge is 0.269 e. The maximum absolute atomic E-state index is 11.9. The number of benzene rings is 2. The van der Waals surface area contributed by atoms with E-state index in [4.69, 9.17) is 0 Å². The number of rotatable bonds is 6. The summed E-state index contributed by atoms with van der Waals surface area (Å²) in [6.45, 7) is 2.06. The van der Waals surface area contributed by atoms with E-state index in [0.29, 0.717) is 12.0 Å². The lowest BCUT2D eigenvalue weighted by Gasteiger charge is -2.04.